The van der Waals surface area contributed by atoms with Gasteiger partial charge in [-0.3, -0.25) is 0 Å². The topological polar surface area (TPSA) is 63.0 Å². The third-order valence-corrected chi connectivity index (χ3v) is 4.92. The molecule has 28 heavy (non-hydrogen) atoms. The fourth-order valence-electron chi connectivity index (χ4n) is 3.35. The van der Waals surface area contributed by atoms with Gasteiger partial charge in [0.25, 0.3) is 0 Å². The lowest BCUT2D eigenvalue weighted by Gasteiger charge is -2.21. The standard InChI is InChI=1S/C22H21ClN4O/c1-14(2)27-13-17-19(21(27)28)25-22(23)26-20(17)24-18(15-9-5-3-6-10-15)16-11-7-4-8-12-16/h3-14,18,28H,1-2H3,(H,24,25,26). The molecule has 142 valence electrons. The van der Waals surface area contributed by atoms with Gasteiger partial charge in [-0.1, -0.05) is 60.7 Å². The van der Waals surface area contributed by atoms with E-state index in [-0.39, 0.29) is 23.2 Å². The number of nitrogens with zero attached hydrogens (tertiary/aromatic N) is 3. The maximum Gasteiger partial charge on any atom is 0.225 e. The Kier molecular flexibility index (Phi) is 4.92. The van der Waals surface area contributed by atoms with Crippen LogP contribution in [0, 0.1) is 0 Å². The van der Waals surface area contributed by atoms with Gasteiger partial charge in [-0.25, -0.2) is 9.97 Å². The van der Waals surface area contributed by atoms with Crippen molar-refractivity contribution in [2.45, 2.75) is 25.9 Å². The Hall–Kier alpha value is -3.05. The number of fused-ring (bicyclic) bond motifs is 1. The zero-order chi connectivity index (χ0) is 19.7. The fourth-order valence-corrected chi connectivity index (χ4v) is 3.52. The van der Waals surface area contributed by atoms with Crippen LogP contribution < -0.4 is 5.32 Å². The highest BCUT2D eigenvalue weighted by atomic mass is 35.5. The van der Waals surface area contributed by atoms with Crippen molar-refractivity contribution in [1.82, 2.24) is 14.5 Å². The van der Waals surface area contributed by atoms with Gasteiger partial charge in [0.2, 0.25) is 11.2 Å². The first-order valence-corrected chi connectivity index (χ1v) is 9.56. The first-order valence-electron chi connectivity index (χ1n) is 9.18. The lowest BCUT2D eigenvalue weighted by atomic mass is 9.98. The van der Waals surface area contributed by atoms with Gasteiger partial charge in [-0.15, -0.1) is 0 Å². The number of halogens is 1. The Bertz CT molecular complexity index is 1050. The molecule has 0 aliphatic heterocycles. The van der Waals surface area contributed by atoms with Crippen molar-refractivity contribution in [2.24, 2.45) is 0 Å². The predicted octanol–water partition coefficient (Wildman–Crippen LogP) is 5.57. The fraction of sp³-hybridized carbons (Fsp3) is 0.182. The van der Waals surface area contributed by atoms with Crippen molar-refractivity contribution in [3.05, 3.63) is 83.3 Å². The molecule has 2 heterocycles. The number of aromatic hydroxyl groups is 1. The molecule has 2 aromatic heterocycles. The summed E-state index contributed by atoms with van der Waals surface area (Å²) in [7, 11) is 0. The summed E-state index contributed by atoms with van der Waals surface area (Å²) in [6, 6.07) is 20.3. The second kappa shape index (κ2) is 7.52. The molecule has 4 aromatic rings. The lowest BCUT2D eigenvalue weighted by Crippen LogP contribution is -2.13. The third-order valence-electron chi connectivity index (χ3n) is 4.75. The minimum atomic E-state index is -0.124. The molecule has 0 amide bonds. The summed E-state index contributed by atoms with van der Waals surface area (Å²) in [5.41, 5.74) is 2.64. The summed E-state index contributed by atoms with van der Waals surface area (Å²) < 4.78 is 1.76. The van der Waals surface area contributed by atoms with Crippen LogP contribution in [0.2, 0.25) is 5.28 Å². The van der Waals surface area contributed by atoms with Crippen molar-refractivity contribution in [1.29, 1.82) is 0 Å². The smallest absolute Gasteiger partial charge is 0.225 e. The first-order chi connectivity index (χ1) is 13.5. The highest BCUT2D eigenvalue weighted by Gasteiger charge is 2.21. The third kappa shape index (κ3) is 3.41. The minimum absolute atomic E-state index is 0.0832. The van der Waals surface area contributed by atoms with E-state index in [2.05, 4.69) is 39.6 Å². The molecule has 0 fully saturated rings. The van der Waals surface area contributed by atoms with E-state index in [1.807, 2.05) is 56.4 Å². The summed E-state index contributed by atoms with van der Waals surface area (Å²) in [6.45, 7) is 3.99. The highest BCUT2D eigenvalue weighted by Crippen LogP contribution is 2.35. The van der Waals surface area contributed by atoms with Gasteiger partial charge >= 0.3 is 0 Å². The number of rotatable bonds is 5. The Morgan fingerprint density at radius 2 is 1.50 bits per heavy atom. The quantitative estimate of drug-likeness (QED) is 0.435. The van der Waals surface area contributed by atoms with Crippen molar-refractivity contribution < 1.29 is 5.11 Å². The van der Waals surface area contributed by atoms with Crippen molar-refractivity contribution in [2.75, 3.05) is 5.32 Å². The molecule has 0 atom stereocenters. The monoisotopic (exact) mass is 392 g/mol. The van der Waals surface area contributed by atoms with Crippen LogP contribution in [0.15, 0.2) is 66.9 Å². The number of benzene rings is 2. The Morgan fingerprint density at radius 1 is 0.929 bits per heavy atom. The highest BCUT2D eigenvalue weighted by molar-refractivity contribution is 6.29. The van der Waals surface area contributed by atoms with E-state index in [0.29, 0.717) is 11.3 Å². The van der Waals surface area contributed by atoms with Gasteiger partial charge in [0.05, 0.1) is 11.4 Å². The molecule has 0 aliphatic rings. The molecule has 0 unspecified atom stereocenters. The normalized spacial score (nSPS) is 11.5. The molecule has 0 saturated heterocycles. The van der Waals surface area contributed by atoms with Gasteiger partial charge in [-0.05, 0) is 36.6 Å². The van der Waals surface area contributed by atoms with Gasteiger partial charge in [-0.2, -0.15) is 0 Å². The van der Waals surface area contributed by atoms with Crippen molar-refractivity contribution in [3.63, 3.8) is 0 Å². The minimum Gasteiger partial charge on any atom is -0.493 e. The number of aromatic nitrogens is 3. The average Bonchev–Trinajstić information content (AvgIpc) is 3.04. The molecule has 2 N–H and O–H groups in total. The zero-order valence-corrected chi connectivity index (χ0v) is 16.4. The molecule has 4 rings (SSSR count). The molecular formula is C22H21ClN4O. The number of hydrogen-bond acceptors (Lipinski definition) is 4. The molecule has 6 heteroatoms. The van der Waals surface area contributed by atoms with Crippen LogP contribution in [0.1, 0.15) is 37.1 Å². The second-order valence-corrected chi connectivity index (χ2v) is 7.29. The molecular weight excluding hydrogens is 372 g/mol. The molecule has 5 nitrogen and oxygen atoms in total. The van der Waals surface area contributed by atoms with Gasteiger partial charge in [0.15, 0.2) is 0 Å². The Balaban J connectivity index is 1.85. The Morgan fingerprint density at radius 3 is 2.04 bits per heavy atom. The summed E-state index contributed by atoms with van der Waals surface area (Å²) in [5.74, 6) is 0.677. The summed E-state index contributed by atoms with van der Waals surface area (Å²) in [6.07, 6.45) is 1.86. The van der Waals surface area contributed by atoms with E-state index in [1.165, 1.54) is 0 Å². The van der Waals surface area contributed by atoms with E-state index in [4.69, 9.17) is 11.6 Å². The Labute approximate surface area is 168 Å². The van der Waals surface area contributed by atoms with Crippen LogP contribution in [0.3, 0.4) is 0 Å². The molecule has 2 aromatic carbocycles. The average molecular weight is 393 g/mol. The van der Waals surface area contributed by atoms with Crippen LogP contribution in [0.4, 0.5) is 5.82 Å². The molecule has 0 bridgehead atoms. The van der Waals surface area contributed by atoms with Gasteiger partial charge in [0.1, 0.15) is 11.3 Å². The number of hydrogen-bond donors (Lipinski definition) is 2. The van der Waals surface area contributed by atoms with E-state index < -0.39 is 0 Å². The van der Waals surface area contributed by atoms with Crippen molar-refractivity contribution >= 4 is 28.3 Å². The van der Waals surface area contributed by atoms with E-state index in [1.54, 1.807) is 4.57 Å². The van der Waals surface area contributed by atoms with Crippen LogP contribution >= 0.6 is 11.6 Å². The zero-order valence-electron chi connectivity index (χ0n) is 15.7. The predicted molar refractivity (Wildman–Crippen MR) is 113 cm³/mol. The van der Waals surface area contributed by atoms with Crippen molar-refractivity contribution in [3.8, 4) is 5.88 Å². The number of anilines is 1. The van der Waals surface area contributed by atoms with E-state index in [0.717, 1.165) is 16.5 Å². The molecule has 0 aliphatic carbocycles. The van der Waals surface area contributed by atoms with Gasteiger partial charge < -0.3 is 15.0 Å². The summed E-state index contributed by atoms with van der Waals surface area (Å²) >= 11 is 6.18. The van der Waals surface area contributed by atoms with Crippen LogP contribution in [-0.2, 0) is 0 Å². The van der Waals surface area contributed by atoms with Gasteiger partial charge in [0, 0.05) is 12.2 Å². The van der Waals surface area contributed by atoms with Crippen LogP contribution in [0.5, 0.6) is 5.88 Å². The molecule has 0 spiro atoms. The van der Waals surface area contributed by atoms with Crippen LogP contribution in [0.25, 0.3) is 10.9 Å². The summed E-state index contributed by atoms with van der Waals surface area (Å²) in [4.78, 5) is 8.66. The summed E-state index contributed by atoms with van der Waals surface area (Å²) in [5, 5.41) is 14.9. The lowest BCUT2D eigenvalue weighted by molar-refractivity contribution is 0.404. The first kappa shape index (κ1) is 18.3. The number of nitrogens with one attached hydrogen (secondary N) is 1. The molecule has 0 radical (unpaired) electrons. The van der Waals surface area contributed by atoms with Crippen LogP contribution in [-0.4, -0.2) is 19.6 Å². The largest absolute Gasteiger partial charge is 0.493 e. The van der Waals surface area contributed by atoms with E-state index in [9.17, 15) is 5.11 Å². The van der Waals surface area contributed by atoms with E-state index >= 15 is 0 Å². The maximum absolute atomic E-state index is 10.6. The molecule has 0 saturated carbocycles. The maximum atomic E-state index is 10.6. The second-order valence-electron chi connectivity index (χ2n) is 6.96. The SMILES string of the molecule is CC(C)n1cc2c(NC(c3ccccc3)c3ccccc3)nc(Cl)nc2c1O.